The Labute approximate surface area is 77.0 Å². The van der Waals surface area contributed by atoms with E-state index in [9.17, 15) is 0 Å². The fourth-order valence-electron chi connectivity index (χ4n) is 1.87. The van der Waals surface area contributed by atoms with E-state index < -0.39 is 8.32 Å². The molecule has 1 fully saturated rings. The highest BCUT2D eigenvalue weighted by molar-refractivity contribution is 6.74. The molecule has 3 heteroatoms. The number of hydrogen-bond acceptors (Lipinski definition) is 2. The standard InChI is InChI=1S/C9H21NOSi/c1-4-10-7-8-11-12(5-2,6-3)9-10/h4-9H2,1-3H3. The minimum absolute atomic E-state index is 0.974. The molecule has 0 bridgehead atoms. The first kappa shape index (κ1) is 10.2. The van der Waals surface area contributed by atoms with Gasteiger partial charge in [-0.1, -0.05) is 20.8 Å². The molecule has 0 aromatic carbocycles. The molecule has 0 unspecified atom stereocenters. The van der Waals surface area contributed by atoms with Crippen LogP contribution in [0.1, 0.15) is 20.8 Å². The van der Waals surface area contributed by atoms with Crippen LogP contribution in [0.5, 0.6) is 0 Å². The smallest absolute Gasteiger partial charge is 0.206 e. The van der Waals surface area contributed by atoms with Gasteiger partial charge in [-0.2, -0.15) is 0 Å². The SMILES string of the molecule is CCN1CCO[Si](CC)(CC)C1. The molecule has 12 heavy (non-hydrogen) atoms. The summed E-state index contributed by atoms with van der Waals surface area (Å²) in [5.41, 5.74) is 0. The van der Waals surface area contributed by atoms with Crippen molar-refractivity contribution in [1.29, 1.82) is 0 Å². The van der Waals surface area contributed by atoms with Crippen LogP contribution in [0.4, 0.5) is 0 Å². The molecular formula is C9H21NOSi. The van der Waals surface area contributed by atoms with E-state index in [-0.39, 0.29) is 0 Å². The van der Waals surface area contributed by atoms with Crippen molar-refractivity contribution in [3.8, 4) is 0 Å². The van der Waals surface area contributed by atoms with E-state index in [1.807, 2.05) is 0 Å². The lowest BCUT2D eigenvalue weighted by Gasteiger charge is -2.39. The molecular weight excluding hydrogens is 166 g/mol. The normalized spacial score (nSPS) is 24.2. The molecule has 1 rings (SSSR count). The highest BCUT2D eigenvalue weighted by atomic mass is 28.4. The van der Waals surface area contributed by atoms with Crippen molar-refractivity contribution in [3.63, 3.8) is 0 Å². The summed E-state index contributed by atoms with van der Waals surface area (Å²) in [6.07, 6.45) is 1.26. The van der Waals surface area contributed by atoms with Gasteiger partial charge in [0.15, 0.2) is 0 Å². The molecule has 1 aliphatic rings. The number of nitrogens with zero attached hydrogens (tertiary/aromatic N) is 1. The Kier molecular flexibility index (Phi) is 3.74. The molecule has 2 nitrogen and oxygen atoms in total. The Balaban J connectivity index is 2.52. The average Bonchev–Trinajstić information content (AvgIpc) is 2.18. The topological polar surface area (TPSA) is 12.5 Å². The molecule has 1 aliphatic heterocycles. The zero-order valence-corrected chi connectivity index (χ0v) is 9.60. The third-order valence-electron chi connectivity index (χ3n) is 3.06. The van der Waals surface area contributed by atoms with Gasteiger partial charge in [0.2, 0.25) is 8.32 Å². The second kappa shape index (κ2) is 4.39. The Morgan fingerprint density at radius 2 is 1.92 bits per heavy atom. The van der Waals surface area contributed by atoms with Crippen LogP contribution in [-0.4, -0.2) is 39.1 Å². The molecule has 0 amide bonds. The fraction of sp³-hybridized carbons (Fsp3) is 1.00. The zero-order valence-electron chi connectivity index (χ0n) is 8.60. The summed E-state index contributed by atoms with van der Waals surface area (Å²) in [5.74, 6) is 0. The largest absolute Gasteiger partial charge is 0.414 e. The van der Waals surface area contributed by atoms with Gasteiger partial charge < -0.3 is 9.33 Å². The van der Waals surface area contributed by atoms with Crippen LogP contribution in [0.2, 0.25) is 12.1 Å². The van der Waals surface area contributed by atoms with Crippen molar-refractivity contribution in [3.05, 3.63) is 0 Å². The van der Waals surface area contributed by atoms with E-state index in [2.05, 4.69) is 25.7 Å². The molecule has 0 aliphatic carbocycles. The van der Waals surface area contributed by atoms with Gasteiger partial charge in [-0.25, -0.2) is 0 Å². The molecule has 0 spiro atoms. The van der Waals surface area contributed by atoms with Crippen LogP contribution in [0.3, 0.4) is 0 Å². The van der Waals surface area contributed by atoms with E-state index in [4.69, 9.17) is 4.43 Å². The lowest BCUT2D eigenvalue weighted by molar-refractivity contribution is 0.173. The molecule has 72 valence electrons. The summed E-state index contributed by atoms with van der Waals surface area (Å²) < 4.78 is 5.99. The third kappa shape index (κ3) is 2.09. The van der Waals surface area contributed by atoms with Crippen LogP contribution < -0.4 is 0 Å². The number of rotatable bonds is 3. The first-order chi connectivity index (χ1) is 5.76. The minimum atomic E-state index is -1.29. The van der Waals surface area contributed by atoms with Crippen molar-refractivity contribution in [2.45, 2.75) is 32.9 Å². The summed E-state index contributed by atoms with van der Waals surface area (Å²) in [4.78, 5) is 2.54. The van der Waals surface area contributed by atoms with Crippen LogP contribution >= 0.6 is 0 Å². The summed E-state index contributed by atoms with van der Waals surface area (Å²) in [7, 11) is -1.29. The predicted octanol–water partition coefficient (Wildman–Crippen LogP) is 1.86. The fourth-order valence-corrected chi connectivity index (χ4v) is 5.04. The van der Waals surface area contributed by atoms with Gasteiger partial charge in [-0.05, 0) is 18.6 Å². The van der Waals surface area contributed by atoms with Crippen molar-refractivity contribution in [2.75, 3.05) is 25.9 Å². The lowest BCUT2D eigenvalue weighted by atomic mass is 10.5. The van der Waals surface area contributed by atoms with Crippen LogP contribution in [0, 0.1) is 0 Å². The van der Waals surface area contributed by atoms with Gasteiger partial charge in [0.25, 0.3) is 0 Å². The van der Waals surface area contributed by atoms with Crippen LogP contribution in [-0.2, 0) is 4.43 Å². The Bertz CT molecular complexity index is 136. The zero-order chi connectivity index (χ0) is 9.03. The van der Waals surface area contributed by atoms with Gasteiger partial charge >= 0.3 is 0 Å². The molecule has 0 radical (unpaired) electrons. The second-order valence-corrected chi connectivity index (χ2v) is 7.99. The molecule has 0 saturated carbocycles. The monoisotopic (exact) mass is 187 g/mol. The van der Waals surface area contributed by atoms with E-state index in [0.717, 1.165) is 13.2 Å². The van der Waals surface area contributed by atoms with Crippen LogP contribution in [0.25, 0.3) is 0 Å². The number of hydrogen-bond donors (Lipinski definition) is 0. The number of likely N-dealkylation sites (N-methyl/N-ethyl adjacent to an activating group) is 1. The average molecular weight is 187 g/mol. The Morgan fingerprint density at radius 3 is 2.42 bits per heavy atom. The Morgan fingerprint density at radius 1 is 1.25 bits per heavy atom. The van der Waals surface area contributed by atoms with Gasteiger partial charge in [0.05, 0.1) is 0 Å². The van der Waals surface area contributed by atoms with Crippen molar-refractivity contribution in [1.82, 2.24) is 4.90 Å². The maximum Gasteiger partial charge on any atom is 0.206 e. The summed E-state index contributed by atoms with van der Waals surface area (Å²) in [5, 5.41) is 0. The van der Waals surface area contributed by atoms with Crippen molar-refractivity contribution < 1.29 is 4.43 Å². The van der Waals surface area contributed by atoms with Crippen LogP contribution in [0.15, 0.2) is 0 Å². The van der Waals surface area contributed by atoms with E-state index >= 15 is 0 Å². The van der Waals surface area contributed by atoms with E-state index in [0.29, 0.717) is 0 Å². The molecule has 0 aromatic rings. The summed E-state index contributed by atoms with van der Waals surface area (Å²) >= 11 is 0. The lowest BCUT2D eigenvalue weighted by Crippen LogP contribution is -2.55. The van der Waals surface area contributed by atoms with Gasteiger partial charge in [0.1, 0.15) is 0 Å². The second-order valence-electron chi connectivity index (χ2n) is 3.61. The maximum atomic E-state index is 5.99. The predicted molar refractivity (Wildman–Crippen MR) is 54.8 cm³/mol. The highest BCUT2D eigenvalue weighted by Gasteiger charge is 2.35. The van der Waals surface area contributed by atoms with Gasteiger partial charge in [-0.3, -0.25) is 0 Å². The first-order valence-corrected chi connectivity index (χ1v) is 7.65. The molecule has 1 heterocycles. The third-order valence-corrected chi connectivity index (χ3v) is 7.48. The van der Waals surface area contributed by atoms with Gasteiger partial charge in [0, 0.05) is 19.3 Å². The molecule has 1 saturated heterocycles. The van der Waals surface area contributed by atoms with E-state index in [1.54, 1.807) is 0 Å². The first-order valence-electron chi connectivity index (χ1n) is 5.12. The summed E-state index contributed by atoms with van der Waals surface area (Å²) in [6.45, 7) is 10.1. The van der Waals surface area contributed by atoms with E-state index in [1.165, 1.54) is 24.8 Å². The van der Waals surface area contributed by atoms with Gasteiger partial charge in [-0.15, -0.1) is 0 Å². The maximum absolute atomic E-state index is 5.99. The minimum Gasteiger partial charge on any atom is -0.414 e. The molecule has 0 N–H and O–H groups in total. The Hall–Kier alpha value is 0.137. The highest BCUT2D eigenvalue weighted by Crippen LogP contribution is 2.21. The molecule has 0 aromatic heterocycles. The quantitative estimate of drug-likeness (QED) is 0.625. The van der Waals surface area contributed by atoms with Crippen molar-refractivity contribution in [2.24, 2.45) is 0 Å². The summed E-state index contributed by atoms with van der Waals surface area (Å²) in [6, 6.07) is 2.56. The van der Waals surface area contributed by atoms with Crippen molar-refractivity contribution >= 4 is 8.32 Å². The molecule has 0 atom stereocenters.